The zero-order valence-electron chi connectivity index (χ0n) is 27.3. The van der Waals surface area contributed by atoms with E-state index in [-0.39, 0.29) is 0 Å². The molecule has 1 aromatic heterocycles. The monoisotopic (exact) mass is 637 g/mol. The number of benzene rings is 9. The third-order valence-electron chi connectivity index (χ3n) is 10.0. The van der Waals surface area contributed by atoms with E-state index in [1.807, 2.05) is 0 Å². The summed E-state index contributed by atoms with van der Waals surface area (Å²) in [6, 6.07) is 67.4. The lowest BCUT2D eigenvalue weighted by atomic mass is 9.93. The molecule has 2 heteroatoms. The molecule has 0 aliphatic heterocycles. The second kappa shape index (κ2) is 11.5. The molecule has 0 aliphatic rings. The summed E-state index contributed by atoms with van der Waals surface area (Å²) in [5.41, 5.74) is 9.66. The highest BCUT2D eigenvalue weighted by molar-refractivity contribution is 6.18. The number of nitrogens with zero attached hydrogens (tertiary/aromatic N) is 1. The molecule has 2 nitrogen and oxygen atoms in total. The van der Waals surface area contributed by atoms with E-state index in [2.05, 4.69) is 193 Å². The van der Waals surface area contributed by atoms with Crippen molar-refractivity contribution in [3.63, 3.8) is 0 Å². The summed E-state index contributed by atoms with van der Waals surface area (Å²) < 4.78 is 6.88. The lowest BCUT2D eigenvalue weighted by molar-refractivity contribution is 0.673. The average Bonchev–Trinajstić information content (AvgIpc) is 3.59. The van der Waals surface area contributed by atoms with E-state index in [0.717, 1.165) is 50.0 Å². The maximum absolute atomic E-state index is 6.88. The van der Waals surface area contributed by atoms with Crippen LogP contribution in [0.3, 0.4) is 0 Å². The Hall–Kier alpha value is -6.64. The third kappa shape index (κ3) is 4.57. The lowest BCUT2D eigenvalue weighted by Crippen LogP contribution is -2.10. The molecule has 0 aliphatic carbocycles. The molecule has 0 unspecified atom stereocenters. The van der Waals surface area contributed by atoms with Gasteiger partial charge < -0.3 is 9.32 Å². The van der Waals surface area contributed by atoms with E-state index in [0.29, 0.717) is 0 Å². The Morgan fingerprint density at radius 1 is 0.320 bits per heavy atom. The fraction of sp³-hybridized carbons (Fsp3) is 0. The van der Waals surface area contributed by atoms with Crippen LogP contribution in [0.5, 0.6) is 0 Å². The normalized spacial score (nSPS) is 11.6. The molecule has 0 bridgehead atoms. The molecule has 0 fully saturated rings. The molecule has 0 saturated heterocycles. The van der Waals surface area contributed by atoms with Crippen molar-refractivity contribution in [2.45, 2.75) is 0 Å². The first-order chi connectivity index (χ1) is 24.8. The average molecular weight is 638 g/mol. The van der Waals surface area contributed by atoms with Crippen LogP contribution >= 0.6 is 0 Å². The highest BCUT2D eigenvalue weighted by atomic mass is 16.3. The van der Waals surface area contributed by atoms with Gasteiger partial charge in [-0.1, -0.05) is 146 Å². The van der Waals surface area contributed by atoms with Crippen molar-refractivity contribution >= 4 is 71.3 Å². The standard InChI is InChI=1S/C48H31NO/c1-2-12-32(13-3-1)35-16-10-17-38(30-35)49(46-23-11-22-43-44-29-26-33-14-4-7-19-40(33)47(44)50-48(43)46)37-27-24-34(25-28-37)45-31-36-15-5-6-18-39(36)41-20-8-9-21-42(41)45/h1-31H. The SMILES string of the molecule is c1ccc(-c2cccc(N(c3ccc(-c4cc5ccccc5c5ccccc45)cc3)c3cccc4c3oc3c5ccccc5ccc43)c2)cc1. The topological polar surface area (TPSA) is 16.4 Å². The van der Waals surface area contributed by atoms with Gasteiger partial charge in [0, 0.05) is 27.5 Å². The first kappa shape index (κ1) is 28.4. The number of rotatable bonds is 5. The van der Waals surface area contributed by atoms with Gasteiger partial charge in [0.2, 0.25) is 0 Å². The molecule has 0 saturated carbocycles. The third-order valence-corrected chi connectivity index (χ3v) is 10.0. The summed E-state index contributed by atoms with van der Waals surface area (Å²) in [4.78, 5) is 2.33. The number of para-hydroxylation sites is 1. The van der Waals surface area contributed by atoms with Crippen molar-refractivity contribution in [3.05, 3.63) is 188 Å². The Kier molecular flexibility index (Phi) is 6.53. The van der Waals surface area contributed by atoms with Crippen LogP contribution in [-0.4, -0.2) is 0 Å². The predicted octanol–water partition coefficient (Wildman–Crippen LogP) is 13.8. The second-order valence-electron chi connectivity index (χ2n) is 12.9. The quantitative estimate of drug-likeness (QED) is 0.175. The van der Waals surface area contributed by atoms with E-state index < -0.39 is 0 Å². The summed E-state index contributed by atoms with van der Waals surface area (Å²) in [6.07, 6.45) is 0. The van der Waals surface area contributed by atoms with Gasteiger partial charge in [0.15, 0.2) is 5.58 Å². The van der Waals surface area contributed by atoms with Gasteiger partial charge in [0.25, 0.3) is 0 Å². The zero-order valence-corrected chi connectivity index (χ0v) is 27.3. The van der Waals surface area contributed by atoms with Gasteiger partial charge in [-0.25, -0.2) is 0 Å². The Labute approximate surface area is 290 Å². The number of anilines is 3. The van der Waals surface area contributed by atoms with Crippen molar-refractivity contribution in [3.8, 4) is 22.3 Å². The Bertz CT molecular complexity index is 2870. The first-order valence-corrected chi connectivity index (χ1v) is 17.1. The van der Waals surface area contributed by atoms with Crippen molar-refractivity contribution < 1.29 is 4.42 Å². The van der Waals surface area contributed by atoms with Crippen LogP contribution < -0.4 is 4.90 Å². The minimum atomic E-state index is 0.869. The van der Waals surface area contributed by atoms with E-state index in [9.17, 15) is 0 Å². The first-order valence-electron chi connectivity index (χ1n) is 17.1. The molecule has 0 N–H and O–H groups in total. The minimum Gasteiger partial charge on any atom is -0.453 e. The molecule has 0 amide bonds. The summed E-state index contributed by atoms with van der Waals surface area (Å²) in [7, 11) is 0. The summed E-state index contributed by atoms with van der Waals surface area (Å²) >= 11 is 0. The molecule has 10 aromatic rings. The maximum atomic E-state index is 6.88. The van der Waals surface area contributed by atoms with Gasteiger partial charge in [0.05, 0.1) is 5.69 Å². The lowest BCUT2D eigenvalue weighted by Gasteiger charge is -2.26. The fourth-order valence-corrected chi connectivity index (χ4v) is 7.65. The molecule has 9 aromatic carbocycles. The molecule has 50 heavy (non-hydrogen) atoms. The van der Waals surface area contributed by atoms with E-state index in [1.165, 1.54) is 43.6 Å². The molecular weight excluding hydrogens is 607 g/mol. The Morgan fingerprint density at radius 3 is 1.80 bits per heavy atom. The summed E-state index contributed by atoms with van der Waals surface area (Å²) in [5.74, 6) is 0. The maximum Gasteiger partial charge on any atom is 0.159 e. The molecule has 234 valence electrons. The fourth-order valence-electron chi connectivity index (χ4n) is 7.65. The van der Waals surface area contributed by atoms with Crippen LogP contribution in [0.1, 0.15) is 0 Å². The number of hydrogen-bond acceptors (Lipinski definition) is 2. The van der Waals surface area contributed by atoms with Crippen LogP contribution in [0.15, 0.2) is 192 Å². The summed E-state index contributed by atoms with van der Waals surface area (Å²) in [6.45, 7) is 0. The van der Waals surface area contributed by atoms with Crippen molar-refractivity contribution in [2.75, 3.05) is 4.90 Å². The Morgan fingerprint density at radius 2 is 0.960 bits per heavy atom. The van der Waals surface area contributed by atoms with Crippen LogP contribution in [0, 0.1) is 0 Å². The van der Waals surface area contributed by atoms with Crippen LogP contribution in [0.2, 0.25) is 0 Å². The van der Waals surface area contributed by atoms with E-state index >= 15 is 0 Å². The Balaban J connectivity index is 1.18. The zero-order chi connectivity index (χ0) is 33.0. The second-order valence-corrected chi connectivity index (χ2v) is 12.9. The van der Waals surface area contributed by atoms with Crippen LogP contribution in [-0.2, 0) is 0 Å². The van der Waals surface area contributed by atoms with Gasteiger partial charge >= 0.3 is 0 Å². The van der Waals surface area contributed by atoms with Gasteiger partial charge in [-0.15, -0.1) is 0 Å². The van der Waals surface area contributed by atoms with E-state index in [4.69, 9.17) is 4.42 Å². The van der Waals surface area contributed by atoms with Crippen LogP contribution in [0.25, 0.3) is 76.5 Å². The van der Waals surface area contributed by atoms with Crippen molar-refractivity contribution in [2.24, 2.45) is 0 Å². The highest BCUT2D eigenvalue weighted by Crippen LogP contribution is 2.45. The van der Waals surface area contributed by atoms with E-state index in [1.54, 1.807) is 0 Å². The van der Waals surface area contributed by atoms with Crippen molar-refractivity contribution in [1.82, 2.24) is 0 Å². The predicted molar refractivity (Wildman–Crippen MR) is 212 cm³/mol. The van der Waals surface area contributed by atoms with Gasteiger partial charge in [-0.2, -0.15) is 0 Å². The minimum absolute atomic E-state index is 0.869. The molecular formula is C48H31NO. The van der Waals surface area contributed by atoms with Gasteiger partial charge in [0.1, 0.15) is 5.58 Å². The number of furan rings is 1. The van der Waals surface area contributed by atoms with Crippen LogP contribution in [0.4, 0.5) is 17.1 Å². The van der Waals surface area contributed by atoms with Gasteiger partial charge in [-0.05, 0) is 91.6 Å². The number of fused-ring (bicyclic) bond motifs is 8. The van der Waals surface area contributed by atoms with Gasteiger partial charge in [-0.3, -0.25) is 0 Å². The largest absolute Gasteiger partial charge is 0.453 e. The summed E-state index contributed by atoms with van der Waals surface area (Å²) in [5, 5.41) is 9.57. The highest BCUT2D eigenvalue weighted by Gasteiger charge is 2.21. The van der Waals surface area contributed by atoms with Crippen molar-refractivity contribution in [1.29, 1.82) is 0 Å². The molecule has 0 atom stereocenters. The molecule has 0 spiro atoms. The number of hydrogen-bond donors (Lipinski definition) is 0. The molecule has 1 heterocycles. The molecule has 10 rings (SSSR count). The molecule has 0 radical (unpaired) electrons. The smallest absolute Gasteiger partial charge is 0.159 e.